The van der Waals surface area contributed by atoms with Crippen LogP contribution in [0, 0.1) is 0 Å². The van der Waals surface area contributed by atoms with Gasteiger partial charge in [0.15, 0.2) is 0 Å². The molecule has 106 valence electrons. The molecule has 0 spiro atoms. The Labute approximate surface area is 122 Å². The van der Waals surface area contributed by atoms with Crippen LogP contribution < -0.4 is 0 Å². The summed E-state index contributed by atoms with van der Waals surface area (Å²) in [4.78, 5) is 10.7. The van der Waals surface area contributed by atoms with Gasteiger partial charge in [-0.15, -0.1) is 0 Å². The van der Waals surface area contributed by atoms with E-state index in [4.69, 9.17) is 5.11 Å². The first-order valence-electron chi connectivity index (χ1n) is 6.61. The van der Waals surface area contributed by atoms with Gasteiger partial charge in [0.1, 0.15) is 0 Å². The maximum atomic E-state index is 10.7. The van der Waals surface area contributed by atoms with Crippen LogP contribution >= 0.6 is 11.8 Å². The zero-order valence-electron chi connectivity index (χ0n) is 11.6. The van der Waals surface area contributed by atoms with Crippen LogP contribution in [0.15, 0.2) is 41.4 Å². The van der Waals surface area contributed by atoms with Crippen molar-refractivity contribution in [3.05, 3.63) is 36.4 Å². The summed E-state index contributed by atoms with van der Waals surface area (Å²) >= 11 is 1.32. The van der Waals surface area contributed by atoms with Gasteiger partial charge in [-0.3, -0.25) is 9.48 Å². The third kappa shape index (κ3) is 3.42. The van der Waals surface area contributed by atoms with Crippen molar-refractivity contribution in [1.29, 1.82) is 0 Å². The average molecular weight is 290 g/mol. The summed E-state index contributed by atoms with van der Waals surface area (Å²) in [6.07, 6.45) is 0.955. The van der Waals surface area contributed by atoms with Crippen LogP contribution in [-0.2, 0) is 4.79 Å². The highest BCUT2D eigenvalue weighted by Gasteiger charge is 2.14. The summed E-state index contributed by atoms with van der Waals surface area (Å²) in [7, 11) is 0. The molecule has 0 amide bonds. The van der Waals surface area contributed by atoms with Gasteiger partial charge in [0.25, 0.3) is 0 Å². The first-order chi connectivity index (χ1) is 9.61. The number of nitrogens with zero attached hydrogens (tertiary/aromatic N) is 2. The summed E-state index contributed by atoms with van der Waals surface area (Å²) in [5.41, 5.74) is 1.94. The fourth-order valence-corrected chi connectivity index (χ4v) is 2.68. The molecule has 0 bridgehead atoms. The number of hydrogen-bond acceptors (Lipinski definition) is 3. The van der Waals surface area contributed by atoms with Crippen LogP contribution in [0.25, 0.3) is 11.3 Å². The average Bonchev–Trinajstić information content (AvgIpc) is 2.89. The van der Waals surface area contributed by atoms with E-state index in [0.29, 0.717) is 0 Å². The molecule has 0 aliphatic carbocycles. The van der Waals surface area contributed by atoms with Crippen LogP contribution in [0.3, 0.4) is 0 Å². The molecule has 2 rings (SSSR count). The molecular formula is C15H18N2O2S. The van der Waals surface area contributed by atoms with Gasteiger partial charge in [-0.05, 0) is 19.4 Å². The molecule has 1 atom stereocenters. The lowest BCUT2D eigenvalue weighted by Crippen LogP contribution is -2.08. The molecule has 0 fully saturated rings. The molecule has 4 nitrogen and oxygen atoms in total. The minimum atomic E-state index is -0.812. The molecule has 1 N–H and O–H groups in total. The number of aromatic nitrogens is 2. The van der Waals surface area contributed by atoms with Crippen LogP contribution in [0.2, 0.25) is 0 Å². The van der Waals surface area contributed by atoms with Gasteiger partial charge in [-0.2, -0.15) is 5.10 Å². The van der Waals surface area contributed by atoms with Gasteiger partial charge >= 0.3 is 5.97 Å². The van der Waals surface area contributed by atoms with Gasteiger partial charge in [-0.25, -0.2) is 0 Å². The normalized spacial score (nSPS) is 12.3. The summed E-state index contributed by atoms with van der Waals surface area (Å²) < 4.78 is 1.93. The lowest BCUT2D eigenvalue weighted by Gasteiger charge is -2.12. The molecule has 1 aromatic heterocycles. The molecule has 0 aliphatic rings. The Morgan fingerprint density at radius 1 is 1.40 bits per heavy atom. The number of thioether (sulfide) groups is 1. The zero-order valence-corrected chi connectivity index (χ0v) is 12.4. The van der Waals surface area contributed by atoms with Crippen molar-refractivity contribution in [1.82, 2.24) is 9.78 Å². The van der Waals surface area contributed by atoms with Crippen molar-refractivity contribution in [3.8, 4) is 11.3 Å². The van der Waals surface area contributed by atoms with Gasteiger partial charge in [0.05, 0.1) is 22.5 Å². The predicted octanol–water partition coefficient (Wildman–Crippen LogP) is 3.70. The van der Waals surface area contributed by atoms with Crippen molar-refractivity contribution >= 4 is 17.7 Å². The van der Waals surface area contributed by atoms with Crippen molar-refractivity contribution in [2.75, 3.05) is 5.75 Å². The highest BCUT2D eigenvalue weighted by molar-refractivity contribution is 7.99. The molecule has 1 aromatic carbocycles. The summed E-state index contributed by atoms with van der Waals surface area (Å²) in [6, 6.07) is 12.2. The maximum absolute atomic E-state index is 10.7. The van der Waals surface area contributed by atoms with Crippen molar-refractivity contribution in [2.45, 2.75) is 31.3 Å². The third-order valence-electron chi connectivity index (χ3n) is 3.12. The Kier molecular flexibility index (Phi) is 4.84. The molecule has 0 saturated carbocycles. The standard InChI is InChI=1S/C15H18N2O2S/c1-3-11(2)17-14(20-10-15(18)19)9-13(16-17)12-7-5-4-6-8-12/h4-9,11H,3,10H2,1-2H3,(H,18,19). The predicted molar refractivity (Wildman–Crippen MR) is 81.0 cm³/mol. The first-order valence-corrected chi connectivity index (χ1v) is 7.60. The number of carbonyl (C=O) groups is 1. The van der Waals surface area contributed by atoms with Gasteiger partial charge in [0.2, 0.25) is 0 Å². The Balaban J connectivity index is 2.34. The van der Waals surface area contributed by atoms with E-state index in [2.05, 4.69) is 18.9 Å². The Morgan fingerprint density at radius 2 is 2.10 bits per heavy atom. The minimum Gasteiger partial charge on any atom is -0.481 e. The number of rotatable bonds is 6. The van der Waals surface area contributed by atoms with E-state index in [-0.39, 0.29) is 11.8 Å². The van der Waals surface area contributed by atoms with Crippen molar-refractivity contribution < 1.29 is 9.90 Å². The van der Waals surface area contributed by atoms with E-state index >= 15 is 0 Å². The summed E-state index contributed by atoms with van der Waals surface area (Å²) in [5, 5.41) is 14.4. The Morgan fingerprint density at radius 3 is 2.70 bits per heavy atom. The number of carboxylic acids is 1. The zero-order chi connectivity index (χ0) is 14.5. The highest BCUT2D eigenvalue weighted by Crippen LogP contribution is 2.28. The van der Waals surface area contributed by atoms with E-state index in [9.17, 15) is 4.79 Å². The fourth-order valence-electron chi connectivity index (χ4n) is 1.86. The molecular weight excluding hydrogens is 272 g/mol. The number of carboxylic acid groups (broad SMARTS) is 1. The molecule has 2 aromatic rings. The quantitative estimate of drug-likeness (QED) is 0.824. The number of aliphatic carboxylic acids is 1. The van der Waals surface area contributed by atoms with E-state index < -0.39 is 5.97 Å². The molecule has 1 unspecified atom stereocenters. The molecule has 5 heteroatoms. The fraction of sp³-hybridized carbons (Fsp3) is 0.333. The molecule has 0 aliphatic heterocycles. The first kappa shape index (κ1) is 14.7. The van der Waals surface area contributed by atoms with E-state index in [1.54, 1.807) is 0 Å². The largest absolute Gasteiger partial charge is 0.481 e. The Hall–Kier alpha value is -1.75. The molecule has 0 radical (unpaired) electrons. The monoisotopic (exact) mass is 290 g/mol. The summed E-state index contributed by atoms with van der Waals surface area (Å²) in [6.45, 7) is 4.19. The lowest BCUT2D eigenvalue weighted by atomic mass is 10.2. The van der Waals surface area contributed by atoms with Crippen LogP contribution in [-0.4, -0.2) is 26.6 Å². The molecule has 0 saturated heterocycles. The number of benzene rings is 1. The van der Waals surface area contributed by atoms with Crippen LogP contribution in [0.1, 0.15) is 26.3 Å². The second-order valence-electron chi connectivity index (χ2n) is 4.62. The second kappa shape index (κ2) is 6.61. The lowest BCUT2D eigenvalue weighted by molar-refractivity contribution is -0.133. The SMILES string of the molecule is CCC(C)n1nc(-c2ccccc2)cc1SCC(=O)O. The van der Waals surface area contributed by atoms with Gasteiger partial charge < -0.3 is 5.11 Å². The van der Waals surface area contributed by atoms with Crippen LogP contribution in [0.4, 0.5) is 0 Å². The van der Waals surface area contributed by atoms with Crippen LogP contribution in [0.5, 0.6) is 0 Å². The third-order valence-corrected chi connectivity index (χ3v) is 4.11. The highest BCUT2D eigenvalue weighted by atomic mass is 32.2. The summed E-state index contributed by atoms with van der Waals surface area (Å²) in [5.74, 6) is -0.760. The molecule has 20 heavy (non-hydrogen) atoms. The van der Waals surface area contributed by atoms with E-state index in [1.165, 1.54) is 11.8 Å². The number of hydrogen-bond donors (Lipinski definition) is 1. The topological polar surface area (TPSA) is 55.1 Å². The molecule has 1 heterocycles. The van der Waals surface area contributed by atoms with E-state index in [1.807, 2.05) is 41.1 Å². The van der Waals surface area contributed by atoms with Gasteiger partial charge in [-0.1, -0.05) is 49.0 Å². The van der Waals surface area contributed by atoms with Crippen molar-refractivity contribution in [3.63, 3.8) is 0 Å². The minimum absolute atomic E-state index is 0.0519. The second-order valence-corrected chi connectivity index (χ2v) is 5.61. The van der Waals surface area contributed by atoms with Gasteiger partial charge in [0, 0.05) is 5.56 Å². The van der Waals surface area contributed by atoms with Crippen molar-refractivity contribution in [2.24, 2.45) is 0 Å². The smallest absolute Gasteiger partial charge is 0.313 e. The maximum Gasteiger partial charge on any atom is 0.313 e. The Bertz CT molecular complexity index is 581. The van der Waals surface area contributed by atoms with E-state index in [0.717, 1.165) is 22.7 Å².